The molecule has 17 heavy (non-hydrogen) atoms. The second kappa shape index (κ2) is 4.60. The lowest BCUT2D eigenvalue weighted by Gasteiger charge is -1.99. The summed E-state index contributed by atoms with van der Waals surface area (Å²) in [5.74, 6) is 0.0358. The van der Waals surface area contributed by atoms with Gasteiger partial charge in [0.1, 0.15) is 0 Å². The van der Waals surface area contributed by atoms with Crippen LogP contribution in [0.25, 0.3) is 17.4 Å². The van der Waals surface area contributed by atoms with Crippen molar-refractivity contribution in [3.63, 3.8) is 0 Å². The van der Waals surface area contributed by atoms with E-state index in [4.69, 9.17) is 10.8 Å². The van der Waals surface area contributed by atoms with Gasteiger partial charge in [0.15, 0.2) is 16.3 Å². The van der Waals surface area contributed by atoms with Crippen LogP contribution in [0.5, 0.6) is 0 Å². The Morgan fingerprint density at radius 3 is 3.00 bits per heavy atom. The minimum atomic E-state index is -0.376. The monoisotopic (exact) mass is 253 g/mol. The smallest absolute Gasteiger partial charge is 0.280 e. The van der Waals surface area contributed by atoms with E-state index in [9.17, 15) is 4.79 Å². The zero-order valence-corrected chi connectivity index (χ0v) is 9.86. The number of rotatable bonds is 3. The Labute approximate surface area is 100 Å². The fraction of sp³-hybridized carbons (Fsp3) is 0.222. The number of hydrogen-bond donors (Lipinski definition) is 3. The summed E-state index contributed by atoms with van der Waals surface area (Å²) < 4.78 is 1.61. The van der Waals surface area contributed by atoms with E-state index in [1.165, 1.54) is 17.8 Å². The summed E-state index contributed by atoms with van der Waals surface area (Å²) in [6, 6.07) is 0. The third-order valence-electron chi connectivity index (χ3n) is 2.08. The third kappa shape index (κ3) is 2.04. The maximum absolute atomic E-state index is 11.6. The molecule has 0 aliphatic carbocycles. The molecule has 2 rings (SSSR count). The molecule has 0 aliphatic rings. The minimum absolute atomic E-state index is 0.0358. The molecule has 0 saturated carbocycles. The van der Waals surface area contributed by atoms with E-state index in [1.54, 1.807) is 10.8 Å². The number of nitrogens with one attached hydrogen (secondary N) is 1. The Hall–Kier alpha value is -1.80. The maximum Gasteiger partial charge on any atom is 0.280 e. The van der Waals surface area contributed by atoms with Crippen molar-refractivity contribution in [3.8, 4) is 0 Å². The van der Waals surface area contributed by atoms with Gasteiger partial charge in [-0.2, -0.15) is 4.98 Å². The molecule has 0 bridgehead atoms. The quantitative estimate of drug-likeness (QED) is 0.658. The molecule has 0 unspecified atom stereocenters. The summed E-state index contributed by atoms with van der Waals surface area (Å²) in [4.78, 5) is 22.2. The lowest BCUT2D eigenvalue weighted by molar-refractivity contribution is 0.343. The van der Waals surface area contributed by atoms with Gasteiger partial charge in [-0.05, 0) is 12.3 Å². The molecule has 0 aliphatic heterocycles. The Morgan fingerprint density at radius 1 is 1.59 bits per heavy atom. The van der Waals surface area contributed by atoms with Crippen molar-refractivity contribution in [2.24, 2.45) is 0 Å². The SMILES string of the molecule is CSc1nc2c(=O)[nH]c(N)nc2n1C=CCO. The molecule has 0 fully saturated rings. The van der Waals surface area contributed by atoms with Crippen LogP contribution in [0.3, 0.4) is 0 Å². The van der Waals surface area contributed by atoms with Gasteiger partial charge in [0.25, 0.3) is 5.56 Å². The number of aromatic amines is 1. The summed E-state index contributed by atoms with van der Waals surface area (Å²) in [5.41, 5.74) is 5.71. The molecule has 8 heteroatoms. The highest BCUT2D eigenvalue weighted by molar-refractivity contribution is 7.98. The standard InChI is InChI=1S/C9H11N5O2S/c1-17-9-11-5-6(14(9)3-2-4-15)12-8(10)13-7(5)16/h2-3,15H,4H2,1H3,(H3,10,12,13,16). The first kappa shape index (κ1) is 11.7. The average molecular weight is 253 g/mol. The van der Waals surface area contributed by atoms with Gasteiger partial charge in [-0.1, -0.05) is 11.8 Å². The Bertz CT molecular complexity index is 630. The first-order valence-corrected chi connectivity index (χ1v) is 5.99. The number of aliphatic hydroxyl groups is 1. The van der Waals surface area contributed by atoms with Crippen LogP contribution in [0.15, 0.2) is 16.0 Å². The highest BCUT2D eigenvalue weighted by atomic mass is 32.2. The molecule has 90 valence electrons. The van der Waals surface area contributed by atoms with Gasteiger partial charge in [-0.3, -0.25) is 14.3 Å². The number of nitrogen functional groups attached to an aromatic ring is 1. The van der Waals surface area contributed by atoms with Crippen LogP contribution in [-0.2, 0) is 0 Å². The van der Waals surface area contributed by atoms with Crippen LogP contribution in [0.1, 0.15) is 0 Å². The van der Waals surface area contributed by atoms with Crippen molar-refractivity contribution in [3.05, 3.63) is 16.4 Å². The first-order valence-electron chi connectivity index (χ1n) is 4.76. The van der Waals surface area contributed by atoms with Gasteiger partial charge >= 0.3 is 0 Å². The molecule has 0 spiro atoms. The van der Waals surface area contributed by atoms with Gasteiger partial charge < -0.3 is 10.8 Å². The van der Waals surface area contributed by atoms with Gasteiger partial charge in [-0.15, -0.1) is 0 Å². The van der Waals surface area contributed by atoms with Crippen LogP contribution in [0.2, 0.25) is 0 Å². The Kier molecular flexibility index (Phi) is 3.16. The van der Waals surface area contributed by atoms with Crippen LogP contribution in [0.4, 0.5) is 5.95 Å². The number of H-pyrrole nitrogens is 1. The van der Waals surface area contributed by atoms with Crippen LogP contribution >= 0.6 is 11.8 Å². The van der Waals surface area contributed by atoms with E-state index in [2.05, 4.69) is 15.0 Å². The second-order valence-electron chi connectivity index (χ2n) is 3.16. The fourth-order valence-electron chi connectivity index (χ4n) is 1.41. The average Bonchev–Trinajstić information content (AvgIpc) is 2.64. The molecule has 0 aromatic carbocycles. The zero-order chi connectivity index (χ0) is 12.4. The predicted molar refractivity (Wildman–Crippen MR) is 66.8 cm³/mol. The number of fused-ring (bicyclic) bond motifs is 1. The van der Waals surface area contributed by atoms with Crippen molar-refractivity contribution in [2.75, 3.05) is 18.6 Å². The van der Waals surface area contributed by atoms with E-state index in [0.717, 1.165) is 0 Å². The molecule has 7 nitrogen and oxygen atoms in total. The molecular formula is C9H11N5O2S. The van der Waals surface area contributed by atoms with Gasteiger partial charge in [0, 0.05) is 6.20 Å². The Balaban J connectivity index is 2.78. The van der Waals surface area contributed by atoms with Gasteiger partial charge in [-0.25, -0.2) is 4.98 Å². The van der Waals surface area contributed by atoms with E-state index in [-0.39, 0.29) is 23.6 Å². The fourth-order valence-corrected chi connectivity index (χ4v) is 1.94. The maximum atomic E-state index is 11.6. The van der Waals surface area contributed by atoms with Gasteiger partial charge in [0.2, 0.25) is 5.95 Å². The number of anilines is 1. The van der Waals surface area contributed by atoms with E-state index in [0.29, 0.717) is 10.8 Å². The van der Waals surface area contributed by atoms with E-state index in [1.807, 2.05) is 6.26 Å². The topological polar surface area (TPSA) is 110 Å². The van der Waals surface area contributed by atoms with Crippen molar-refractivity contribution in [1.29, 1.82) is 0 Å². The van der Waals surface area contributed by atoms with E-state index >= 15 is 0 Å². The number of aromatic nitrogens is 4. The highest BCUT2D eigenvalue weighted by Gasteiger charge is 2.13. The van der Waals surface area contributed by atoms with E-state index < -0.39 is 0 Å². The molecule has 0 saturated heterocycles. The molecule has 2 heterocycles. The van der Waals surface area contributed by atoms with Gasteiger partial charge in [0.05, 0.1) is 6.61 Å². The van der Waals surface area contributed by atoms with Crippen LogP contribution < -0.4 is 11.3 Å². The molecule has 0 radical (unpaired) electrons. The van der Waals surface area contributed by atoms with Crippen LogP contribution in [0, 0.1) is 0 Å². The molecule has 2 aromatic heterocycles. The molecular weight excluding hydrogens is 242 g/mol. The highest BCUT2D eigenvalue weighted by Crippen LogP contribution is 2.19. The van der Waals surface area contributed by atoms with Crippen molar-refractivity contribution < 1.29 is 5.11 Å². The minimum Gasteiger partial charge on any atom is -0.392 e. The summed E-state index contributed by atoms with van der Waals surface area (Å²) >= 11 is 1.37. The number of imidazole rings is 1. The molecule has 0 amide bonds. The first-order chi connectivity index (χ1) is 8.17. The van der Waals surface area contributed by atoms with Crippen LogP contribution in [-0.4, -0.2) is 37.5 Å². The molecule has 4 N–H and O–H groups in total. The lowest BCUT2D eigenvalue weighted by Crippen LogP contribution is -2.11. The van der Waals surface area contributed by atoms with Crippen molar-refractivity contribution >= 4 is 35.1 Å². The second-order valence-corrected chi connectivity index (χ2v) is 3.93. The number of nitrogens with two attached hydrogens (primary N) is 1. The number of aliphatic hydroxyl groups excluding tert-OH is 1. The van der Waals surface area contributed by atoms with Crippen molar-refractivity contribution in [1.82, 2.24) is 19.5 Å². The molecule has 0 atom stereocenters. The lowest BCUT2D eigenvalue weighted by atomic mass is 10.5. The number of hydrogen-bond acceptors (Lipinski definition) is 6. The third-order valence-corrected chi connectivity index (χ3v) is 2.73. The van der Waals surface area contributed by atoms with Crippen molar-refractivity contribution in [2.45, 2.75) is 5.16 Å². The largest absolute Gasteiger partial charge is 0.392 e. The summed E-state index contributed by atoms with van der Waals surface area (Å²) in [6.45, 7) is -0.105. The number of nitrogens with zero attached hydrogens (tertiary/aromatic N) is 3. The Morgan fingerprint density at radius 2 is 2.35 bits per heavy atom. The number of thioether (sulfide) groups is 1. The zero-order valence-electron chi connectivity index (χ0n) is 9.04. The predicted octanol–water partition coefficient (Wildman–Crippen LogP) is -0.113. The molecule has 2 aromatic rings. The normalized spacial score (nSPS) is 11.6. The summed E-state index contributed by atoms with van der Waals surface area (Å²) in [6.07, 6.45) is 4.97. The summed E-state index contributed by atoms with van der Waals surface area (Å²) in [7, 11) is 0. The summed E-state index contributed by atoms with van der Waals surface area (Å²) in [5, 5.41) is 9.37.